The Hall–Kier alpha value is -4.33. The van der Waals surface area contributed by atoms with Crippen LogP contribution in [0, 0.1) is 0 Å². The van der Waals surface area contributed by atoms with E-state index in [0.29, 0.717) is 42.4 Å². The summed E-state index contributed by atoms with van der Waals surface area (Å²) in [7, 11) is 0. The molecular weight excluding hydrogens is 470 g/mol. The van der Waals surface area contributed by atoms with Gasteiger partial charge in [-0.15, -0.1) is 0 Å². The zero-order valence-corrected chi connectivity index (χ0v) is 20.3. The topological polar surface area (TPSA) is 88.2 Å². The van der Waals surface area contributed by atoms with Gasteiger partial charge in [0.25, 0.3) is 5.91 Å². The minimum absolute atomic E-state index is 0.155. The van der Waals surface area contributed by atoms with Crippen LogP contribution in [0.4, 0.5) is 4.79 Å². The fourth-order valence-electron chi connectivity index (χ4n) is 5.56. The number of rotatable bonds is 5. The number of hydrogen-bond donors (Lipinski definition) is 1. The second-order valence-corrected chi connectivity index (χ2v) is 9.45. The molecule has 3 aromatic rings. The zero-order valence-electron chi connectivity index (χ0n) is 20.3. The highest BCUT2D eigenvalue weighted by molar-refractivity contribution is 6.11. The van der Waals surface area contributed by atoms with Crippen LogP contribution in [0.3, 0.4) is 0 Å². The van der Waals surface area contributed by atoms with Gasteiger partial charge in [-0.2, -0.15) is 0 Å². The number of fused-ring (bicyclic) bond motifs is 1. The molecule has 1 N–H and O–H groups in total. The predicted molar refractivity (Wildman–Crippen MR) is 135 cm³/mol. The second-order valence-electron chi connectivity index (χ2n) is 9.45. The number of likely N-dealkylation sites (tertiary alicyclic amines) is 1. The molecule has 0 bridgehead atoms. The van der Waals surface area contributed by atoms with E-state index < -0.39 is 17.5 Å². The van der Waals surface area contributed by atoms with Crippen molar-refractivity contribution in [3.63, 3.8) is 0 Å². The number of carbonyl (C=O) groups is 3. The Bertz CT molecular complexity index is 1300. The van der Waals surface area contributed by atoms with E-state index >= 15 is 0 Å². The molecule has 3 aromatic carbocycles. The smallest absolute Gasteiger partial charge is 0.326 e. The molecule has 37 heavy (non-hydrogen) atoms. The largest absolute Gasteiger partial charge is 0.486 e. The van der Waals surface area contributed by atoms with E-state index in [0.717, 1.165) is 23.3 Å². The molecule has 0 aliphatic carbocycles. The highest BCUT2D eigenvalue weighted by atomic mass is 16.6. The Morgan fingerprint density at radius 2 is 1.54 bits per heavy atom. The Morgan fingerprint density at radius 3 is 2.22 bits per heavy atom. The van der Waals surface area contributed by atoms with Crippen molar-refractivity contribution >= 4 is 17.8 Å². The third-order valence-electron chi connectivity index (χ3n) is 7.34. The fourth-order valence-corrected chi connectivity index (χ4v) is 5.56. The molecule has 3 heterocycles. The lowest BCUT2D eigenvalue weighted by Crippen LogP contribution is -2.46. The Balaban J connectivity index is 1.27. The normalized spacial score (nSPS) is 20.2. The van der Waals surface area contributed by atoms with Crippen LogP contribution in [0.25, 0.3) is 0 Å². The summed E-state index contributed by atoms with van der Waals surface area (Å²) >= 11 is 0. The average Bonchev–Trinajstić information content (AvgIpc) is 3.54. The van der Waals surface area contributed by atoms with E-state index in [1.54, 1.807) is 4.90 Å². The van der Waals surface area contributed by atoms with Gasteiger partial charge in [-0.3, -0.25) is 14.5 Å². The molecule has 4 amide bonds. The van der Waals surface area contributed by atoms with Gasteiger partial charge >= 0.3 is 6.03 Å². The maximum absolute atomic E-state index is 13.9. The highest BCUT2D eigenvalue weighted by Crippen LogP contribution is 2.39. The van der Waals surface area contributed by atoms with Gasteiger partial charge < -0.3 is 19.7 Å². The Kier molecular flexibility index (Phi) is 5.79. The molecule has 0 radical (unpaired) electrons. The number of amides is 4. The summed E-state index contributed by atoms with van der Waals surface area (Å²) in [4.78, 5) is 43.5. The van der Waals surface area contributed by atoms with Crippen molar-refractivity contribution in [2.24, 2.45) is 0 Å². The van der Waals surface area contributed by atoms with E-state index in [2.05, 4.69) is 5.32 Å². The van der Waals surface area contributed by atoms with Crippen LogP contribution in [0.15, 0.2) is 78.9 Å². The first-order chi connectivity index (χ1) is 18.1. The standard InChI is InChI=1S/C29H27N3O5/c33-26(31-15-7-12-23(31)20-13-14-24-25(18-20)37-17-16-36-24)19-32-27(34)29(30-28(32)35,21-8-3-1-4-9-21)22-10-5-2-6-11-22/h1-6,8-11,13-14,18,23H,7,12,15-17,19H2,(H,30,35). The van der Waals surface area contributed by atoms with Crippen molar-refractivity contribution in [3.8, 4) is 11.5 Å². The number of carbonyl (C=O) groups excluding carboxylic acids is 3. The summed E-state index contributed by atoms with van der Waals surface area (Å²) < 4.78 is 11.4. The third kappa shape index (κ3) is 3.89. The van der Waals surface area contributed by atoms with Crippen molar-refractivity contribution in [1.29, 1.82) is 0 Å². The monoisotopic (exact) mass is 497 g/mol. The summed E-state index contributed by atoms with van der Waals surface area (Å²) in [5.41, 5.74) is 0.852. The molecule has 1 unspecified atom stereocenters. The van der Waals surface area contributed by atoms with Crippen LogP contribution in [-0.2, 0) is 15.1 Å². The molecule has 188 valence electrons. The van der Waals surface area contributed by atoms with Crippen LogP contribution < -0.4 is 14.8 Å². The lowest BCUT2D eigenvalue weighted by atomic mass is 9.82. The molecule has 0 saturated carbocycles. The van der Waals surface area contributed by atoms with Crippen molar-refractivity contribution in [2.45, 2.75) is 24.4 Å². The Morgan fingerprint density at radius 1 is 0.892 bits per heavy atom. The molecule has 3 aliphatic rings. The number of benzene rings is 3. The van der Waals surface area contributed by atoms with E-state index in [1.807, 2.05) is 78.9 Å². The van der Waals surface area contributed by atoms with Gasteiger partial charge in [0.15, 0.2) is 17.0 Å². The van der Waals surface area contributed by atoms with Crippen LogP contribution >= 0.6 is 0 Å². The van der Waals surface area contributed by atoms with Crippen LogP contribution in [0.5, 0.6) is 11.5 Å². The SMILES string of the molecule is O=C1NC(c2ccccc2)(c2ccccc2)C(=O)N1CC(=O)N1CCCC1c1ccc2c(c1)OCCO2. The molecule has 3 aliphatic heterocycles. The number of hydrogen-bond acceptors (Lipinski definition) is 5. The predicted octanol–water partition coefficient (Wildman–Crippen LogP) is 3.62. The van der Waals surface area contributed by atoms with E-state index in [-0.39, 0.29) is 18.5 Å². The highest BCUT2D eigenvalue weighted by Gasteiger charge is 2.54. The van der Waals surface area contributed by atoms with Gasteiger partial charge in [0.05, 0.1) is 6.04 Å². The molecule has 0 spiro atoms. The molecule has 2 fully saturated rings. The summed E-state index contributed by atoms with van der Waals surface area (Å²) in [6.45, 7) is 1.23. The minimum Gasteiger partial charge on any atom is -0.486 e. The van der Waals surface area contributed by atoms with Crippen molar-refractivity contribution in [2.75, 3.05) is 26.3 Å². The molecule has 0 aromatic heterocycles. The first-order valence-corrected chi connectivity index (χ1v) is 12.5. The zero-order chi connectivity index (χ0) is 25.4. The summed E-state index contributed by atoms with van der Waals surface area (Å²) in [6.07, 6.45) is 1.63. The maximum Gasteiger partial charge on any atom is 0.326 e. The van der Waals surface area contributed by atoms with Crippen molar-refractivity contribution in [3.05, 3.63) is 95.6 Å². The lowest BCUT2D eigenvalue weighted by Gasteiger charge is -2.29. The maximum atomic E-state index is 13.9. The van der Waals surface area contributed by atoms with Gasteiger partial charge in [-0.05, 0) is 41.7 Å². The number of nitrogens with one attached hydrogen (secondary N) is 1. The quantitative estimate of drug-likeness (QED) is 0.544. The molecule has 8 nitrogen and oxygen atoms in total. The van der Waals surface area contributed by atoms with Crippen molar-refractivity contribution in [1.82, 2.24) is 15.1 Å². The van der Waals surface area contributed by atoms with Crippen molar-refractivity contribution < 1.29 is 23.9 Å². The first-order valence-electron chi connectivity index (χ1n) is 12.5. The van der Waals surface area contributed by atoms with E-state index in [4.69, 9.17) is 9.47 Å². The number of ether oxygens (including phenoxy) is 2. The molecule has 6 rings (SSSR count). The number of nitrogens with zero attached hydrogens (tertiary/aromatic N) is 2. The summed E-state index contributed by atoms with van der Waals surface area (Å²) in [6, 6.07) is 23.3. The second kappa shape index (κ2) is 9.28. The van der Waals surface area contributed by atoms with Crippen LogP contribution in [0.2, 0.25) is 0 Å². The van der Waals surface area contributed by atoms with E-state index in [9.17, 15) is 14.4 Å². The van der Waals surface area contributed by atoms with Gasteiger partial charge in [-0.25, -0.2) is 4.79 Å². The van der Waals surface area contributed by atoms with Gasteiger partial charge in [-0.1, -0.05) is 66.7 Å². The minimum atomic E-state index is -1.39. The van der Waals surface area contributed by atoms with Crippen LogP contribution in [-0.4, -0.2) is 53.9 Å². The average molecular weight is 498 g/mol. The molecular formula is C29H27N3O5. The number of imide groups is 1. The van der Waals surface area contributed by atoms with Gasteiger partial charge in [0.2, 0.25) is 5.91 Å². The molecule has 2 saturated heterocycles. The van der Waals surface area contributed by atoms with Crippen LogP contribution in [0.1, 0.15) is 35.6 Å². The Labute approximate surface area is 214 Å². The summed E-state index contributed by atoms with van der Waals surface area (Å²) in [5, 5.41) is 2.91. The lowest BCUT2D eigenvalue weighted by molar-refractivity contribution is -0.139. The number of urea groups is 1. The first kappa shape index (κ1) is 23.1. The fraction of sp³-hybridized carbons (Fsp3) is 0.276. The third-order valence-corrected chi connectivity index (χ3v) is 7.34. The molecule has 1 atom stereocenters. The summed E-state index contributed by atoms with van der Waals surface area (Å²) in [5.74, 6) is 0.646. The van der Waals surface area contributed by atoms with Gasteiger partial charge in [0, 0.05) is 6.54 Å². The van der Waals surface area contributed by atoms with Gasteiger partial charge in [0.1, 0.15) is 19.8 Å². The van der Waals surface area contributed by atoms with E-state index in [1.165, 1.54) is 0 Å². The molecule has 8 heteroatoms.